The van der Waals surface area contributed by atoms with Crippen molar-refractivity contribution in [3.63, 3.8) is 0 Å². The van der Waals surface area contributed by atoms with Gasteiger partial charge < -0.3 is 14.6 Å². The highest BCUT2D eigenvalue weighted by molar-refractivity contribution is 5.75. The fourth-order valence-electron chi connectivity index (χ4n) is 1.88. The van der Waals surface area contributed by atoms with E-state index < -0.39 is 0 Å². The molecule has 2 rings (SSSR count). The van der Waals surface area contributed by atoms with E-state index in [1.54, 1.807) is 0 Å². The minimum Gasteiger partial charge on any atom is -0.395 e. The Morgan fingerprint density at radius 1 is 1.31 bits per heavy atom. The van der Waals surface area contributed by atoms with E-state index in [1.165, 1.54) is 0 Å². The lowest BCUT2D eigenvalue weighted by atomic mass is 10.3. The Hall–Kier alpha value is -1.39. The molecule has 16 heavy (non-hydrogen) atoms. The zero-order chi connectivity index (χ0) is 11.5. The standard InChI is InChI=1S/C12H17N3O/c1-14(2)9-12-13-10-5-3-4-6-11(10)15(12)7-8-16/h3-6,16H,7-9H2,1-2H3. The van der Waals surface area contributed by atoms with Crippen LogP contribution < -0.4 is 0 Å². The summed E-state index contributed by atoms with van der Waals surface area (Å²) in [4.78, 5) is 6.66. The van der Waals surface area contributed by atoms with Gasteiger partial charge in [0.2, 0.25) is 0 Å². The van der Waals surface area contributed by atoms with Crippen molar-refractivity contribution in [2.24, 2.45) is 0 Å². The molecule has 0 bridgehead atoms. The lowest BCUT2D eigenvalue weighted by molar-refractivity contribution is 0.272. The molecule has 0 amide bonds. The van der Waals surface area contributed by atoms with Crippen LogP contribution >= 0.6 is 0 Å². The van der Waals surface area contributed by atoms with Gasteiger partial charge in [-0.05, 0) is 26.2 Å². The van der Waals surface area contributed by atoms with Crippen molar-refractivity contribution in [3.05, 3.63) is 30.1 Å². The van der Waals surface area contributed by atoms with Gasteiger partial charge in [-0.25, -0.2) is 4.98 Å². The van der Waals surface area contributed by atoms with E-state index in [4.69, 9.17) is 5.11 Å². The minimum absolute atomic E-state index is 0.140. The zero-order valence-corrected chi connectivity index (χ0v) is 9.72. The lowest BCUT2D eigenvalue weighted by Gasteiger charge is -2.11. The number of aliphatic hydroxyl groups excluding tert-OH is 1. The Labute approximate surface area is 95.1 Å². The number of rotatable bonds is 4. The molecule has 0 saturated carbocycles. The molecule has 0 radical (unpaired) electrons. The molecule has 86 valence electrons. The lowest BCUT2D eigenvalue weighted by Crippen LogP contribution is -2.16. The third-order valence-corrected chi connectivity index (χ3v) is 2.51. The van der Waals surface area contributed by atoms with Crippen LogP contribution in [0.25, 0.3) is 11.0 Å². The van der Waals surface area contributed by atoms with Crippen LogP contribution in [0.2, 0.25) is 0 Å². The third-order valence-electron chi connectivity index (χ3n) is 2.51. The van der Waals surface area contributed by atoms with Crippen molar-refractivity contribution in [3.8, 4) is 0 Å². The molecular formula is C12H17N3O. The van der Waals surface area contributed by atoms with Crippen LogP contribution in [0.1, 0.15) is 5.82 Å². The van der Waals surface area contributed by atoms with Gasteiger partial charge >= 0.3 is 0 Å². The van der Waals surface area contributed by atoms with E-state index in [0.29, 0.717) is 6.54 Å². The number of hydrogen-bond acceptors (Lipinski definition) is 3. The first-order valence-electron chi connectivity index (χ1n) is 5.42. The molecule has 1 N–H and O–H groups in total. The maximum Gasteiger partial charge on any atom is 0.124 e. The number of aliphatic hydroxyl groups is 1. The van der Waals surface area contributed by atoms with Crippen LogP contribution in [-0.2, 0) is 13.1 Å². The number of para-hydroxylation sites is 2. The van der Waals surface area contributed by atoms with Gasteiger partial charge in [-0.15, -0.1) is 0 Å². The van der Waals surface area contributed by atoms with E-state index >= 15 is 0 Å². The molecule has 0 aliphatic carbocycles. The van der Waals surface area contributed by atoms with Crippen molar-refractivity contribution in [2.75, 3.05) is 20.7 Å². The molecule has 4 heteroatoms. The number of hydrogen-bond donors (Lipinski definition) is 1. The summed E-state index contributed by atoms with van der Waals surface area (Å²) in [6.45, 7) is 1.53. The van der Waals surface area contributed by atoms with Gasteiger partial charge in [0.15, 0.2) is 0 Å². The summed E-state index contributed by atoms with van der Waals surface area (Å²) >= 11 is 0. The average Bonchev–Trinajstić information content (AvgIpc) is 2.57. The van der Waals surface area contributed by atoms with Crippen molar-refractivity contribution in [1.29, 1.82) is 0 Å². The largest absolute Gasteiger partial charge is 0.395 e. The highest BCUT2D eigenvalue weighted by atomic mass is 16.3. The molecule has 0 fully saturated rings. The Morgan fingerprint density at radius 3 is 2.75 bits per heavy atom. The smallest absolute Gasteiger partial charge is 0.124 e. The summed E-state index contributed by atoms with van der Waals surface area (Å²) in [6, 6.07) is 8.02. The van der Waals surface area contributed by atoms with Crippen LogP contribution in [0, 0.1) is 0 Å². The molecule has 1 heterocycles. The summed E-state index contributed by atoms with van der Waals surface area (Å²) in [5.41, 5.74) is 2.08. The third kappa shape index (κ3) is 2.08. The van der Waals surface area contributed by atoms with Gasteiger partial charge in [0.1, 0.15) is 5.82 Å². The fraction of sp³-hybridized carbons (Fsp3) is 0.417. The first-order valence-corrected chi connectivity index (χ1v) is 5.42. The predicted octanol–water partition coefficient (Wildman–Crippen LogP) is 1.09. The van der Waals surface area contributed by atoms with E-state index in [0.717, 1.165) is 23.4 Å². The number of imidazole rings is 1. The Kier molecular flexibility index (Phi) is 3.22. The van der Waals surface area contributed by atoms with Crippen LogP contribution in [0.4, 0.5) is 0 Å². The van der Waals surface area contributed by atoms with Gasteiger partial charge in [0.05, 0.1) is 24.2 Å². The van der Waals surface area contributed by atoms with Crippen LogP contribution in [-0.4, -0.2) is 40.3 Å². The quantitative estimate of drug-likeness (QED) is 0.837. The topological polar surface area (TPSA) is 41.3 Å². The molecule has 1 aromatic heterocycles. The molecule has 2 aromatic rings. The summed E-state index contributed by atoms with van der Waals surface area (Å²) in [6.07, 6.45) is 0. The second kappa shape index (κ2) is 4.63. The van der Waals surface area contributed by atoms with E-state index in [1.807, 2.05) is 38.4 Å². The number of fused-ring (bicyclic) bond motifs is 1. The molecule has 0 spiro atoms. The number of nitrogens with zero attached hydrogens (tertiary/aromatic N) is 3. The molecule has 0 aliphatic rings. The summed E-state index contributed by atoms with van der Waals surface area (Å²) < 4.78 is 2.08. The van der Waals surface area contributed by atoms with Crippen LogP contribution in [0.5, 0.6) is 0 Å². The highest BCUT2D eigenvalue weighted by Gasteiger charge is 2.09. The van der Waals surface area contributed by atoms with E-state index in [-0.39, 0.29) is 6.61 Å². The van der Waals surface area contributed by atoms with Gasteiger partial charge in [-0.1, -0.05) is 12.1 Å². The van der Waals surface area contributed by atoms with Crippen molar-refractivity contribution in [1.82, 2.24) is 14.5 Å². The highest BCUT2D eigenvalue weighted by Crippen LogP contribution is 2.16. The zero-order valence-electron chi connectivity index (χ0n) is 9.72. The first-order chi connectivity index (χ1) is 7.72. The van der Waals surface area contributed by atoms with E-state index in [9.17, 15) is 0 Å². The number of benzene rings is 1. The minimum atomic E-state index is 0.140. The predicted molar refractivity (Wildman–Crippen MR) is 64.2 cm³/mol. The van der Waals surface area contributed by atoms with Crippen LogP contribution in [0.15, 0.2) is 24.3 Å². The van der Waals surface area contributed by atoms with Gasteiger partial charge in [0, 0.05) is 6.54 Å². The molecule has 0 saturated heterocycles. The van der Waals surface area contributed by atoms with Crippen molar-refractivity contribution < 1.29 is 5.11 Å². The SMILES string of the molecule is CN(C)Cc1nc2ccccc2n1CCO. The Morgan fingerprint density at radius 2 is 2.06 bits per heavy atom. The summed E-state index contributed by atoms with van der Waals surface area (Å²) in [5.74, 6) is 1.00. The molecule has 0 unspecified atom stereocenters. The molecule has 4 nitrogen and oxygen atoms in total. The molecule has 1 aromatic carbocycles. The van der Waals surface area contributed by atoms with Gasteiger partial charge in [-0.3, -0.25) is 0 Å². The number of aromatic nitrogens is 2. The second-order valence-electron chi connectivity index (χ2n) is 4.13. The van der Waals surface area contributed by atoms with Crippen molar-refractivity contribution >= 4 is 11.0 Å². The summed E-state index contributed by atoms with van der Waals surface area (Å²) in [7, 11) is 4.03. The van der Waals surface area contributed by atoms with Crippen LogP contribution in [0.3, 0.4) is 0 Å². The molecule has 0 atom stereocenters. The molecule has 0 aliphatic heterocycles. The molecular weight excluding hydrogens is 202 g/mol. The monoisotopic (exact) mass is 219 g/mol. The average molecular weight is 219 g/mol. The van der Waals surface area contributed by atoms with Gasteiger partial charge in [0.25, 0.3) is 0 Å². The summed E-state index contributed by atoms with van der Waals surface area (Å²) in [5, 5.41) is 9.09. The maximum absolute atomic E-state index is 9.09. The Bertz CT molecular complexity index is 476. The van der Waals surface area contributed by atoms with Crippen molar-refractivity contribution in [2.45, 2.75) is 13.1 Å². The maximum atomic E-state index is 9.09. The first kappa shape index (κ1) is 11.1. The fourth-order valence-corrected chi connectivity index (χ4v) is 1.88. The second-order valence-corrected chi connectivity index (χ2v) is 4.13. The van der Waals surface area contributed by atoms with E-state index in [2.05, 4.69) is 14.5 Å². The normalized spacial score (nSPS) is 11.5. The van der Waals surface area contributed by atoms with Gasteiger partial charge in [-0.2, -0.15) is 0 Å². The Balaban J connectivity index is 2.49.